The van der Waals surface area contributed by atoms with Crippen molar-refractivity contribution in [1.82, 2.24) is 11.5 Å². The molecule has 0 heterocycles. The first-order valence-electron chi connectivity index (χ1n) is 5.65. The normalized spacial score (nSPS) is 13.3. The monoisotopic (exact) mass is 296 g/mol. The number of hydrogen-bond donors (Lipinski definition) is 2. The quantitative estimate of drug-likeness (QED) is 0.302. The predicted molar refractivity (Wildman–Crippen MR) is 72.5 cm³/mol. The molecule has 0 aromatic carbocycles. The zero-order valence-electron chi connectivity index (χ0n) is 11.9. The number of amides is 1. The second-order valence-electron chi connectivity index (χ2n) is 4.63. The van der Waals surface area contributed by atoms with Crippen molar-refractivity contribution in [3.05, 3.63) is 12.7 Å². The fourth-order valence-corrected chi connectivity index (χ4v) is 2.08. The lowest BCUT2D eigenvalue weighted by atomic mass is 9.89. The maximum Gasteiger partial charge on any atom is 0.243 e. The third kappa shape index (κ3) is 9.60. The van der Waals surface area contributed by atoms with E-state index in [0.29, 0.717) is 19.4 Å². The average molecular weight is 296 g/mol. The third-order valence-corrected chi connectivity index (χ3v) is 3.44. The van der Waals surface area contributed by atoms with Crippen LogP contribution in [0, 0.1) is 5.92 Å². The molecule has 0 saturated carbocycles. The van der Waals surface area contributed by atoms with E-state index in [9.17, 15) is 17.8 Å². The van der Waals surface area contributed by atoms with Crippen molar-refractivity contribution in [2.75, 3.05) is 6.54 Å². The molecular formula is C11H24N2O5S. The van der Waals surface area contributed by atoms with Crippen LogP contribution < -0.4 is 11.5 Å². The van der Waals surface area contributed by atoms with Crippen LogP contribution in [-0.4, -0.2) is 31.0 Å². The van der Waals surface area contributed by atoms with Gasteiger partial charge in [0.15, 0.2) is 0 Å². The van der Waals surface area contributed by atoms with Gasteiger partial charge in [-0.2, -0.15) is 0 Å². The zero-order valence-corrected chi connectivity index (χ0v) is 12.7. The molecule has 0 spiro atoms. The van der Waals surface area contributed by atoms with Gasteiger partial charge in [-0.15, -0.1) is 0 Å². The molecule has 0 aliphatic heterocycles. The van der Waals surface area contributed by atoms with Gasteiger partial charge in [0, 0.05) is 6.54 Å². The molecule has 1 atom stereocenters. The van der Waals surface area contributed by atoms with Gasteiger partial charge in [-0.05, 0) is 38.7 Å². The van der Waals surface area contributed by atoms with Gasteiger partial charge in [-0.3, -0.25) is 8.98 Å². The summed E-state index contributed by atoms with van der Waals surface area (Å²) in [6.45, 7) is 8.68. The van der Waals surface area contributed by atoms with Crippen LogP contribution in [-0.2, 0) is 19.4 Å². The maximum atomic E-state index is 10.9. The Morgan fingerprint density at radius 1 is 1.53 bits per heavy atom. The molecule has 0 aromatic rings. The summed E-state index contributed by atoms with van der Waals surface area (Å²) in [5.41, 5.74) is -1.05. The van der Waals surface area contributed by atoms with Gasteiger partial charge in [-0.1, -0.05) is 13.5 Å². The van der Waals surface area contributed by atoms with Crippen molar-refractivity contribution >= 4 is 16.3 Å². The molecular weight excluding hydrogens is 272 g/mol. The standard InChI is InChI=1S/C11H21NO5S.H3N/c1-5-10(13)12-8-6-7-9(2)11(3,4)17-18(14,15)16;/h5,9H,1,6-8H2,2-4H3,(H,12,13)(H,14,15,16);1H3. The van der Waals surface area contributed by atoms with E-state index in [1.54, 1.807) is 20.8 Å². The van der Waals surface area contributed by atoms with Crippen LogP contribution in [0.3, 0.4) is 0 Å². The van der Waals surface area contributed by atoms with Crippen molar-refractivity contribution in [1.29, 1.82) is 0 Å². The Balaban J connectivity index is 0. The van der Waals surface area contributed by atoms with Crippen LogP contribution in [0.15, 0.2) is 12.7 Å². The van der Waals surface area contributed by atoms with Crippen LogP contribution in [0.5, 0.6) is 0 Å². The summed E-state index contributed by atoms with van der Waals surface area (Å²) < 4.78 is 36.2. The molecule has 0 radical (unpaired) electrons. The zero-order chi connectivity index (χ0) is 14.4. The minimum atomic E-state index is -4.71. The Kier molecular flexibility index (Phi) is 8.85. The molecule has 7 nitrogen and oxygen atoms in total. The Bertz CT molecular complexity index is 392. The smallest absolute Gasteiger partial charge is 0.243 e. The predicted octanol–water partition coefficient (Wildman–Crippen LogP) is 1.34. The van der Waals surface area contributed by atoms with Crippen LogP contribution in [0.1, 0.15) is 33.6 Å². The number of quaternary nitrogens is 1. The molecule has 8 heteroatoms. The van der Waals surface area contributed by atoms with Gasteiger partial charge in [0.25, 0.3) is 0 Å². The second kappa shape index (κ2) is 8.26. The lowest BCUT2D eigenvalue weighted by Crippen LogP contribution is -2.35. The van der Waals surface area contributed by atoms with Gasteiger partial charge >= 0.3 is 0 Å². The highest BCUT2D eigenvalue weighted by molar-refractivity contribution is 7.80. The Labute approximate surface area is 114 Å². The van der Waals surface area contributed by atoms with Crippen molar-refractivity contribution in [3.63, 3.8) is 0 Å². The summed E-state index contributed by atoms with van der Waals surface area (Å²) >= 11 is 0. The van der Waals surface area contributed by atoms with E-state index in [1.807, 2.05) is 0 Å². The van der Waals surface area contributed by atoms with E-state index in [2.05, 4.69) is 16.1 Å². The molecule has 0 fully saturated rings. The van der Waals surface area contributed by atoms with Crippen molar-refractivity contribution < 1.29 is 21.9 Å². The molecule has 5 N–H and O–H groups in total. The Morgan fingerprint density at radius 3 is 2.47 bits per heavy atom. The van der Waals surface area contributed by atoms with E-state index in [4.69, 9.17) is 0 Å². The topological polar surface area (TPSA) is 132 Å². The summed E-state index contributed by atoms with van der Waals surface area (Å²) in [4.78, 5) is 10.9. The summed E-state index contributed by atoms with van der Waals surface area (Å²) in [6, 6.07) is 0. The van der Waals surface area contributed by atoms with Crippen molar-refractivity contribution in [2.24, 2.45) is 5.92 Å². The SMILES string of the molecule is C=CC(=O)NCCCC(C)C(C)(C)OS(=O)(=O)[O-].[NH4+]. The minimum absolute atomic E-state index is 0. The highest BCUT2D eigenvalue weighted by atomic mass is 32.3. The van der Waals surface area contributed by atoms with Gasteiger partial charge in [0.05, 0.1) is 5.60 Å². The summed E-state index contributed by atoms with van der Waals surface area (Å²) in [7, 11) is -4.71. The first kappa shape index (κ1) is 20.4. The van der Waals surface area contributed by atoms with Crippen LogP contribution >= 0.6 is 0 Å². The number of nitrogens with one attached hydrogen (secondary N) is 1. The first-order chi connectivity index (χ1) is 8.08. The van der Waals surface area contributed by atoms with E-state index in [-0.39, 0.29) is 18.0 Å². The van der Waals surface area contributed by atoms with Crippen LogP contribution in [0.2, 0.25) is 0 Å². The lowest BCUT2D eigenvalue weighted by Gasteiger charge is -2.32. The van der Waals surface area contributed by atoms with Crippen LogP contribution in [0.25, 0.3) is 0 Å². The molecule has 0 aliphatic carbocycles. The minimum Gasteiger partial charge on any atom is -0.726 e. The maximum absolute atomic E-state index is 10.9. The van der Waals surface area contributed by atoms with Gasteiger partial charge in [0.1, 0.15) is 0 Å². The second-order valence-corrected chi connectivity index (χ2v) is 5.62. The fraction of sp³-hybridized carbons (Fsp3) is 0.727. The average Bonchev–Trinajstić information content (AvgIpc) is 2.20. The molecule has 0 aromatic heterocycles. The van der Waals surface area contributed by atoms with Gasteiger partial charge in [-0.25, -0.2) is 8.42 Å². The first-order valence-corrected chi connectivity index (χ1v) is 6.98. The van der Waals surface area contributed by atoms with Crippen molar-refractivity contribution in [2.45, 2.75) is 39.2 Å². The highest BCUT2D eigenvalue weighted by Crippen LogP contribution is 2.26. The highest BCUT2D eigenvalue weighted by Gasteiger charge is 2.28. The summed E-state index contributed by atoms with van der Waals surface area (Å²) in [5, 5.41) is 2.61. The van der Waals surface area contributed by atoms with Crippen LogP contribution in [0.4, 0.5) is 0 Å². The number of rotatable bonds is 8. The molecule has 0 bridgehead atoms. The largest absolute Gasteiger partial charge is 0.726 e. The Hall–Kier alpha value is -0.960. The molecule has 114 valence electrons. The van der Waals surface area contributed by atoms with E-state index in [0.717, 1.165) is 0 Å². The third-order valence-electron chi connectivity index (χ3n) is 2.80. The number of carbonyl (C=O) groups is 1. The number of carbonyl (C=O) groups excluding carboxylic acids is 1. The fourth-order valence-electron chi connectivity index (χ4n) is 1.38. The molecule has 0 saturated heterocycles. The Morgan fingerprint density at radius 2 is 2.05 bits per heavy atom. The van der Waals surface area contributed by atoms with Gasteiger partial charge < -0.3 is 16.0 Å². The van der Waals surface area contributed by atoms with E-state index in [1.165, 1.54) is 6.08 Å². The molecule has 19 heavy (non-hydrogen) atoms. The van der Waals surface area contributed by atoms with Crippen molar-refractivity contribution in [3.8, 4) is 0 Å². The summed E-state index contributed by atoms with van der Waals surface area (Å²) in [5.74, 6) is -0.387. The van der Waals surface area contributed by atoms with Gasteiger partial charge in [0.2, 0.25) is 16.3 Å². The number of hydrogen-bond acceptors (Lipinski definition) is 5. The van der Waals surface area contributed by atoms with E-state index >= 15 is 0 Å². The molecule has 1 amide bonds. The molecule has 0 rings (SSSR count). The molecule has 0 aliphatic rings. The summed E-state index contributed by atoms with van der Waals surface area (Å²) in [6.07, 6.45) is 2.47. The molecule has 1 unspecified atom stereocenters. The van der Waals surface area contributed by atoms with E-state index < -0.39 is 16.0 Å². The lowest BCUT2D eigenvalue weighted by molar-refractivity contribution is -0.116.